The Morgan fingerprint density at radius 3 is 2.75 bits per heavy atom. The number of benzene rings is 1. The molecule has 1 aromatic heterocycles. The molecule has 1 aromatic carbocycles. The Hall–Kier alpha value is -2.30. The molecule has 0 saturated heterocycles. The Labute approximate surface area is 116 Å². The molecule has 2 rings (SSSR count). The number of amides is 1. The molecule has 106 valence electrons. The van der Waals surface area contributed by atoms with Crippen LogP contribution in [0, 0.1) is 5.92 Å². The molecular formula is C15H17NO4. The first-order valence-corrected chi connectivity index (χ1v) is 6.61. The second-order valence-electron chi connectivity index (χ2n) is 4.68. The van der Waals surface area contributed by atoms with Crippen molar-refractivity contribution in [1.82, 2.24) is 5.32 Å². The van der Waals surface area contributed by atoms with Crippen molar-refractivity contribution in [2.24, 2.45) is 5.92 Å². The summed E-state index contributed by atoms with van der Waals surface area (Å²) in [6.45, 7) is 2.02. The normalized spacial score (nSPS) is 12.2. The van der Waals surface area contributed by atoms with E-state index in [1.54, 1.807) is 12.1 Å². The van der Waals surface area contributed by atoms with Gasteiger partial charge in [0.15, 0.2) is 5.76 Å². The molecule has 2 N–H and O–H groups in total. The van der Waals surface area contributed by atoms with Gasteiger partial charge in [-0.15, -0.1) is 0 Å². The predicted molar refractivity (Wildman–Crippen MR) is 74.6 cm³/mol. The molecule has 0 saturated carbocycles. The summed E-state index contributed by atoms with van der Waals surface area (Å²) in [5, 5.41) is 12.5. The van der Waals surface area contributed by atoms with Gasteiger partial charge in [-0.25, -0.2) is 0 Å². The van der Waals surface area contributed by atoms with E-state index in [4.69, 9.17) is 9.52 Å². The molecule has 1 heterocycles. The topological polar surface area (TPSA) is 79.5 Å². The van der Waals surface area contributed by atoms with Gasteiger partial charge in [-0.05, 0) is 18.6 Å². The Bertz CT molecular complexity index is 584. The maximum Gasteiger partial charge on any atom is 0.308 e. The zero-order valence-corrected chi connectivity index (χ0v) is 11.3. The van der Waals surface area contributed by atoms with E-state index in [0.29, 0.717) is 12.0 Å². The predicted octanol–water partition coefficient (Wildman–Crippen LogP) is 2.66. The summed E-state index contributed by atoms with van der Waals surface area (Å²) in [7, 11) is 0. The number of para-hydroxylation sites is 1. The van der Waals surface area contributed by atoms with Crippen LogP contribution in [0.2, 0.25) is 0 Å². The van der Waals surface area contributed by atoms with Crippen molar-refractivity contribution in [3.05, 3.63) is 36.1 Å². The standard InChI is InChI=1S/C15H17NO4/c1-2-5-11(15(18)19)9-16-14(17)13-8-10-6-3-4-7-12(10)20-13/h3-4,6-8,11H,2,5,9H2,1H3,(H,16,17)(H,18,19). The third-order valence-electron chi connectivity index (χ3n) is 3.14. The molecule has 0 spiro atoms. The van der Waals surface area contributed by atoms with Crippen LogP contribution in [0.15, 0.2) is 34.7 Å². The molecule has 5 nitrogen and oxygen atoms in total. The van der Waals surface area contributed by atoms with Gasteiger partial charge in [0.05, 0.1) is 5.92 Å². The average molecular weight is 275 g/mol. The van der Waals surface area contributed by atoms with Crippen LogP contribution in [-0.4, -0.2) is 23.5 Å². The summed E-state index contributed by atoms with van der Waals surface area (Å²) in [6.07, 6.45) is 1.30. The number of furan rings is 1. The highest BCUT2D eigenvalue weighted by Crippen LogP contribution is 2.18. The van der Waals surface area contributed by atoms with Crippen molar-refractivity contribution in [3.63, 3.8) is 0 Å². The maximum atomic E-state index is 11.9. The number of fused-ring (bicyclic) bond motifs is 1. The summed E-state index contributed by atoms with van der Waals surface area (Å²) in [6, 6.07) is 8.98. The van der Waals surface area contributed by atoms with Gasteiger partial charge in [-0.2, -0.15) is 0 Å². The summed E-state index contributed by atoms with van der Waals surface area (Å²) in [5.74, 6) is -1.64. The first-order valence-electron chi connectivity index (χ1n) is 6.61. The Morgan fingerprint density at radius 2 is 2.10 bits per heavy atom. The zero-order valence-electron chi connectivity index (χ0n) is 11.3. The smallest absolute Gasteiger partial charge is 0.308 e. The number of rotatable bonds is 6. The van der Waals surface area contributed by atoms with E-state index < -0.39 is 11.9 Å². The van der Waals surface area contributed by atoms with Gasteiger partial charge in [0.2, 0.25) is 0 Å². The molecule has 1 amide bonds. The van der Waals surface area contributed by atoms with Crippen LogP contribution in [0.5, 0.6) is 0 Å². The minimum absolute atomic E-state index is 0.110. The van der Waals surface area contributed by atoms with Crippen LogP contribution < -0.4 is 5.32 Å². The zero-order chi connectivity index (χ0) is 14.5. The Morgan fingerprint density at radius 1 is 1.35 bits per heavy atom. The fourth-order valence-corrected chi connectivity index (χ4v) is 2.06. The highest BCUT2D eigenvalue weighted by Gasteiger charge is 2.19. The molecule has 5 heteroatoms. The summed E-state index contributed by atoms with van der Waals surface area (Å²) in [4.78, 5) is 23.0. The number of hydrogen-bond donors (Lipinski definition) is 2. The summed E-state index contributed by atoms with van der Waals surface area (Å²) in [5.41, 5.74) is 0.640. The monoisotopic (exact) mass is 275 g/mol. The number of carbonyl (C=O) groups is 2. The molecular weight excluding hydrogens is 258 g/mol. The van der Waals surface area contributed by atoms with E-state index in [1.165, 1.54) is 0 Å². The van der Waals surface area contributed by atoms with Crippen molar-refractivity contribution in [1.29, 1.82) is 0 Å². The van der Waals surface area contributed by atoms with Gasteiger partial charge in [0, 0.05) is 11.9 Å². The number of carboxylic acids is 1. The highest BCUT2D eigenvalue weighted by atomic mass is 16.4. The molecule has 20 heavy (non-hydrogen) atoms. The van der Waals surface area contributed by atoms with Crippen molar-refractivity contribution >= 4 is 22.8 Å². The molecule has 0 fully saturated rings. The number of carbonyl (C=O) groups excluding carboxylic acids is 1. The first-order chi connectivity index (χ1) is 9.61. The molecule has 0 bridgehead atoms. The van der Waals surface area contributed by atoms with Crippen LogP contribution >= 0.6 is 0 Å². The lowest BCUT2D eigenvalue weighted by atomic mass is 10.0. The summed E-state index contributed by atoms with van der Waals surface area (Å²) >= 11 is 0. The lowest BCUT2D eigenvalue weighted by molar-refractivity contribution is -0.141. The second-order valence-corrected chi connectivity index (χ2v) is 4.68. The average Bonchev–Trinajstić information content (AvgIpc) is 2.86. The maximum absolute atomic E-state index is 11.9. The highest BCUT2D eigenvalue weighted by molar-refractivity contribution is 5.96. The number of aliphatic carboxylic acids is 1. The largest absolute Gasteiger partial charge is 0.481 e. The molecule has 1 unspecified atom stereocenters. The Balaban J connectivity index is 2.02. The molecule has 1 atom stereocenters. The van der Waals surface area contributed by atoms with Gasteiger partial charge in [-0.3, -0.25) is 9.59 Å². The van der Waals surface area contributed by atoms with Crippen molar-refractivity contribution in [2.45, 2.75) is 19.8 Å². The van der Waals surface area contributed by atoms with E-state index >= 15 is 0 Å². The third-order valence-corrected chi connectivity index (χ3v) is 3.14. The minimum atomic E-state index is -0.892. The van der Waals surface area contributed by atoms with E-state index in [2.05, 4.69) is 5.32 Å². The lowest BCUT2D eigenvalue weighted by Crippen LogP contribution is -2.32. The molecule has 0 aliphatic heterocycles. The summed E-state index contributed by atoms with van der Waals surface area (Å²) < 4.78 is 5.42. The van der Waals surface area contributed by atoms with E-state index in [0.717, 1.165) is 11.8 Å². The van der Waals surface area contributed by atoms with Gasteiger partial charge in [-0.1, -0.05) is 31.5 Å². The van der Waals surface area contributed by atoms with E-state index in [-0.39, 0.29) is 18.2 Å². The fraction of sp³-hybridized carbons (Fsp3) is 0.333. The van der Waals surface area contributed by atoms with Gasteiger partial charge < -0.3 is 14.8 Å². The molecule has 0 aliphatic carbocycles. The quantitative estimate of drug-likeness (QED) is 0.849. The third kappa shape index (κ3) is 3.17. The molecule has 0 aliphatic rings. The van der Waals surface area contributed by atoms with Gasteiger partial charge >= 0.3 is 5.97 Å². The number of nitrogens with one attached hydrogen (secondary N) is 1. The lowest BCUT2D eigenvalue weighted by Gasteiger charge is -2.11. The van der Waals surface area contributed by atoms with E-state index in [1.807, 2.05) is 25.1 Å². The van der Waals surface area contributed by atoms with E-state index in [9.17, 15) is 9.59 Å². The molecule has 0 radical (unpaired) electrons. The van der Waals surface area contributed by atoms with Crippen molar-refractivity contribution in [2.75, 3.05) is 6.54 Å². The minimum Gasteiger partial charge on any atom is -0.481 e. The van der Waals surface area contributed by atoms with Gasteiger partial charge in [0.1, 0.15) is 5.58 Å². The van der Waals surface area contributed by atoms with Crippen molar-refractivity contribution < 1.29 is 19.1 Å². The van der Waals surface area contributed by atoms with Crippen molar-refractivity contribution in [3.8, 4) is 0 Å². The van der Waals surface area contributed by atoms with Crippen LogP contribution in [-0.2, 0) is 4.79 Å². The second kappa shape index (κ2) is 6.23. The van der Waals surface area contributed by atoms with Crippen LogP contribution in [0.25, 0.3) is 11.0 Å². The number of carboxylic acid groups (broad SMARTS) is 1. The molecule has 2 aromatic rings. The SMILES string of the molecule is CCCC(CNC(=O)c1cc2ccccc2o1)C(=O)O. The Kier molecular flexibility index (Phi) is 4.40. The van der Waals surface area contributed by atoms with Crippen LogP contribution in [0.3, 0.4) is 0 Å². The first kappa shape index (κ1) is 14.1. The van der Waals surface area contributed by atoms with Crippen LogP contribution in [0.1, 0.15) is 30.3 Å². The van der Waals surface area contributed by atoms with Gasteiger partial charge in [0.25, 0.3) is 5.91 Å². The van der Waals surface area contributed by atoms with Crippen LogP contribution in [0.4, 0.5) is 0 Å². The number of hydrogen-bond acceptors (Lipinski definition) is 3. The fourth-order valence-electron chi connectivity index (χ4n) is 2.06.